The van der Waals surface area contributed by atoms with Gasteiger partial charge in [-0.15, -0.1) is 12.4 Å². The fourth-order valence-electron chi connectivity index (χ4n) is 5.80. The molecule has 302 valence electrons. The van der Waals surface area contributed by atoms with Crippen molar-refractivity contribution in [2.45, 2.75) is 34.6 Å². The normalized spacial score (nSPS) is 10.8. The number of halogens is 4. The number of aromatic nitrogens is 3. The lowest BCUT2D eigenvalue weighted by Gasteiger charge is -2.17. The second kappa shape index (κ2) is 24.1. The fraction of sp³-hybridized carbons (Fsp3) is 0.341. The van der Waals surface area contributed by atoms with Gasteiger partial charge in [-0.05, 0) is 174 Å². The number of benzene rings is 3. The Kier molecular flexibility index (Phi) is 20.4. The zero-order chi connectivity index (χ0) is 39.9. The molecule has 11 nitrogen and oxygen atoms in total. The molecular formula is C41H51ClI3N7O4. The Labute approximate surface area is 376 Å². The number of fused-ring (bicyclic) bond motifs is 3. The maximum atomic E-state index is 12.1. The minimum absolute atomic E-state index is 0. The second-order valence-corrected chi connectivity index (χ2v) is 16.3. The number of nitrogens with one attached hydrogen (secondary N) is 5. The minimum atomic E-state index is -0.302. The molecule has 0 radical (unpaired) electrons. The van der Waals surface area contributed by atoms with Crippen LogP contribution in [0, 0.1) is 10.7 Å². The standard InChI is InChI=1S/2C15H20IN3O.C11H10INO2.ClH/c2*1-3-19(4-2)8-7-17-15(20)14-10-11-9-12(16)5-6-13(11)18-14;1-2-15-11(14)10-6-7-5-8(12)3-4-9(7)13-10;/h2*5-6,9-10,18H,3-4,7-8H2,1-2H3,(H,17,20);3-6,13H,2H2,1H3;1H. The molecule has 2 amide bonds. The molecule has 0 unspecified atom stereocenters. The highest BCUT2D eigenvalue weighted by Crippen LogP contribution is 2.20. The number of rotatable bonds is 14. The molecule has 0 aliphatic carbocycles. The van der Waals surface area contributed by atoms with Crippen LogP contribution < -0.4 is 10.6 Å². The third-order valence-electron chi connectivity index (χ3n) is 8.95. The summed E-state index contributed by atoms with van der Waals surface area (Å²) in [5.74, 6) is -0.379. The van der Waals surface area contributed by atoms with Gasteiger partial charge in [-0.2, -0.15) is 0 Å². The van der Waals surface area contributed by atoms with Crippen molar-refractivity contribution in [1.82, 2.24) is 35.4 Å². The van der Waals surface area contributed by atoms with Crippen LogP contribution in [0.4, 0.5) is 0 Å². The second-order valence-electron chi connectivity index (χ2n) is 12.5. The first-order chi connectivity index (χ1) is 26.5. The van der Waals surface area contributed by atoms with Gasteiger partial charge >= 0.3 is 5.97 Å². The van der Waals surface area contributed by atoms with Crippen LogP contribution in [0.15, 0.2) is 72.8 Å². The summed E-state index contributed by atoms with van der Waals surface area (Å²) >= 11 is 6.79. The molecule has 0 aliphatic heterocycles. The Hall–Kier alpha value is -2.91. The van der Waals surface area contributed by atoms with Crippen LogP contribution in [-0.2, 0) is 4.74 Å². The van der Waals surface area contributed by atoms with E-state index in [0.717, 1.165) is 75.5 Å². The summed E-state index contributed by atoms with van der Waals surface area (Å²) in [5.41, 5.74) is 4.72. The summed E-state index contributed by atoms with van der Waals surface area (Å²) in [7, 11) is 0. The highest BCUT2D eigenvalue weighted by Gasteiger charge is 2.12. The summed E-state index contributed by atoms with van der Waals surface area (Å²) < 4.78 is 8.40. The van der Waals surface area contributed by atoms with E-state index in [1.165, 1.54) is 7.14 Å². The molecule has 0 atom stereocenters. The number of amides is 2. The monoisotopic (exact) mass is 1120 g/mol. The first-order valence-corrected chi connectivity index (χ1v) is 21.7. The lowest BCUT2D eigenvalue weighted by molar-refractivity contribution is 0.0520. The van der Waals surface area contributed by atoms with E-state index >= 15 is 0 Å². The molecule has 3 aromatic carbocycles. The molecule has 0 aliphatic rings. The first kappa shape index (κ1) is 47.5. The predicted molar refractivity (Wildman–Crippen MR) is 256 cm³/mol. The van der Waals surface area contributed by atoms with E-state index in [2.05, 4.69) is 143 Å². The Morgan fingerprint density at radius 1 is 0.554 bits per heavy atom. The summed E-state index contributed by atoms with van der Waals surface area (Å²) in [6.07, 6.45) is 0. The van der Waals surface area contributed by atoms with Gasteiger partial charge in [0.1, 0.15) is 17.1 Å². The summed E-state index contributed by atoms with van der Waals surface area (Å²) in [5, 5.41) is 9.10. The SMILES string of the molecule is CCN(CC)CCNC(=O)c1cc2cc(I)ccc2[nH]1.CCN(CC)CCNC(=O)c1cc2cc(I)ccc2[nH]1.CCOC(=O)c1cc2cc(I)ccc2[nH]1.Cl. The maximum Gasteiger partial charge on any atom is 0.354 e. The van der Waals surface area contributed by atoms with Gasteiger partial charge in [0.25, 0.3) is 11.8 Å². The van der Waals surface area contributed by atoms with Gasteiger partial charge in [-0.1, -0.05) is 27.7 Å². The average molecular weight is 1120 g/mol. The maximum absolute atomic E-state index is 12.1. The van der Waals surface area contributed by atoms with Crippen molar-refractivity contribution in [3.8, 4) is 0 Å². The molecule has 15 heteroatoms. The topological polar surface area (TPSA) is 138 Å². The molecule has 6 aromatic rings. The van der Waals surface area contributed by atoms with Crippen LogP contribution in [0.2, 0.25) is 0 Å². The van der Waals surface area contributed by atoms with E-state index in [4.69, 9.17) is 4.74 Å². The van der Waals surface area contributed by atoms with E-state index in [1.807, 2.05) is 60.7 Å². The van der Waals surface area contributed by atoms with Crippen molar-refractivity contribution in [1.29, 1.82) is 0 Å². The average Bonchev–Trinajstić information content (AvgIpc) is 3.92. The van der Waals surface area contributed by atoms with Crippen molar-refractivity contribution in [2.75, 3.05) is 59.0 Å². The molecule has 3 aromatic heterocycles. The quantitative estimate of drug-likeness (QED) is 0.0546. The zero-order valence-corrected chi connectivity index (χ0v) is 39.7. The van der Waals surface area contributed by atoms with Gasteiger partial charge in [0.05, 0.1) is 6.61 Å². The van der Waals surface area contributed by atoms with E-state index in [1.54, 1.807) is 6.92 Å². The molecule has 5 N–H and O–H groups in total. The summed E-state index contributed by atoms with van der Waals surface area (Å²) in [6, 6.07) is 23.8. The predicted octanol–water partition coefficient (Wildman–Crippen LogP) is 9.06. The number of likely N-dealkylation sites (N-methyl/N-ethyl adjacent to an activating group) is 2. The lowest BCUT2D eigenvalue weighted by atomic mass is 10.2. The van der Waals surface area contributed by atoms with Gasteiger partial charge in [-0.25, -0.2) is 4.79 Å². The van der Waals surface area contributed by atoms with Gasteiger partial charge in [0, 0.05) is 69.6 Å². The van der Waals surface area contributed by atoms with E-state index in [-0.39, 0.29) is 30.2 Å². The van der Waals surface area contributed by atoms with Crippen LogP contribution in [0.3, 0.4) is 0 Å². The third kappa shape index (κ3) is 14.2. The molecule has 3 heterocycles. The Balaban J connectivity index is 0.000000226. The summed E-state index contributed by atoms with van der Waals surface area (Å²) in [6.45, 7) is 17.9. The molecule has 0 fully saturated rings. The number of carbonyl (C=O) groups excluding carboxylic acids is 3. The van der Waals surface area contributed by atoms with Crippen molar-refractivity contribution >= 4 is 131 Å². The van der Waals surface area contributed by atoms with Crippen molar-refractivity contribution in [3.63, 3.8) is 0 Å². The summed E-state index contributed by atoms with van der Waals surface area (Å²) in [4.78, 5) is 49.6. The smallest absolute Gasteiger partial charge is 0.354 e. The number of hydrogen-bond donors (Lipinski definition) is 5. The van der Waals surface area contributed by atoms with E-state index < -0.39 is 0 Å². The molecular weight excluding hydrogens is 1070 g/mol. The minimum Gasteiger partial charge on any atom is -0.461 e. The first-order valence-electron chi connectivity index (χ1n) is 18.5. The van der Waals surface area contributed by atoms with Crippen molar-refractivity contribution in [2.24, 2.45) is 0 Å². The van der Waals surface area contributed by atoms with Crippen LogP contribution >= 0.6 is 80.2 Å². The van der Waals surface area contributed by atoms with Crippen LogP contribution in [0.25, 0.3) is 32.7 Å². The highest BCUT2D eigenvalue weighted by atomic mass is 127. The number of nitrogens with zero attached hydrogens (tertiary/aromatic N) is 2. The molecule has 6 rings (SSSR count). The Morgan fingerprint density at radius 3 is 1.23 bits per heavy atom. The van der Waals surface area contributed by atoms with Gasteiger partial charge in [0.15, 0.2) is 0 Å². The van der Waals surface area contributed by atoms with Crippen LogP contribution in [0.5, 0.6) is 0 Å². The molecule has 0 spiro atoms. The van der Waals surface area contributed by atoms with Gasteiger partial charge in [0.2, 0.25) is 0 Å². The van der Waals surface area contributed by atoms with Gasteiger partial charge < -0.3 is 40.1 Å². The van der Waals surface area contributed by atoms with Crippen molar-refractivity contribution in [3.05, 3.63) is 101 Å². The number of aromatic amines is 3. The molecule has 56 heavy (non-hydrogen) atoms. The highest BCUT2D eigenvalue weighted by molar-refractivity contribution is 14.1. The van der Waals surface area contributed by atoms with Crippen molar-refractivity contribution < 1.29 is 19.1 Å². The third-order valence-corrected chi connectivity index (χ3v) is 11.0. The van der Waals surface area contributed by atoms with Gasteiger partial charge in [-0.3, -0.25) is 9.59 Å². The zero-order valence-electron chi connectivity index (χ0n) is 32.4. The number of ether oxygens (including phenoxy) is 1. The fourth-order valence-corrected chi connectivity index (χ4v) is 7.35. The molecule has 0 bridgehead atoms. The largest absolute Gasteiger partial charge is 0.461 e. The van der Waals surface area contributed by atoms with E-state index in [0.29, 0.717) is 36.8 Å². The number of carbonyl (C=O) groups is 3. The molecule has 0 saturated carbocycles. The number of hydrogen-bond acceptors (Lipinski definition) is 6. The number of esters is 1. The van der Waals surface area contributed by atoms with E-state index in [9.17, 15) is 14.4 Å². The number of H-pyrrole nitrogens is 3. The van der Waals surface area contributed by atoms with Crippen LogP contribution in [-0.4, -0.2) is 102 Å². The Bertz CT molecular complexity index is 2070. The molecule has 0 saturated heterocycles. The Morgan fingerprint density at radius 2 is 0.893 bits per heavy atom. The van der Waals surface area contributed by atoms with Crippen LogP contribution in [0.1, 0.15) is 66.1 Å². The lowest BCUT2D eigenvalue weighted by Crippen LogP contribution is -2.34.